The van der Waals surface area contributed by atoms with E-state index in [-0.39, 0.29) is 6.17 Å². The van der Waals surface area contributed by atoms with Gasteiger partial charge in [-0.25, -0.2) is 0 Å². The summed E-state index contributed by atoms with van der Waals surface area (Å²) in [5, 5.41) is 0. The molecule has 4 aromatic rings. The number of para-hydroxylation sites is 1. The third-order valence-corrected chi connectivity index (χ3v) is 7.02. The monoisotopic (exact) mass is 386 g/mol. The molecule has 1 aliphatic carbocycles. The molecule has 1 unspecified atom stereocenters. The van der Waals surface area contributed by atoms with Crippen molar-refractivity contribution in [1.82, 2.24) is 0 Å². The van der Waals surface area contributed by atoms with Gasteiger partial charge in [0.1, 0.15) is 6.17 Å². The third kappa shape index (κ3) is 2.14. The Morgan fingerprint density at radius 2 is 1.27 bits per heavy atom. The van der Waals surface area contributed by atoms with Crippen LogP contribution in [0.5, 0.6) is 0 Å². The van der Waals surface area contributed by atoms with Gasteiger partial charge in [-0.15, -0.1) is 0 Å². The Morgan fingerprint density at radius 3 is 2.20 bits per heavy atom. The standard InChI is InChI=1S/C28H22N2/c1-2-8-22-19(7-1)17-20-18-21(13-14-23(20)22)29-15-16-30-27-12-6-5-10-25(27)24-9-3-4-11-26(24)28(29)30/h1-14,18,28H,15-17H2. The molecule has 3 aliphatic rings. The van der Waals surface area contributed by atoms with E-state index in [1.165, 1.54) is 50.3 Å². The highest BCUT2D eigenvalue weighted by Gasteiger charge is 2.39. The lowest BCUT2D eigenvalue weighted by Crippen LogP contribution is -2.33. The highest BCUT2D eigenvalue weighted by Crippen LogP contribution is 2.49. The molecule has 0 N–H and O–H groups in total. The summed E-state index contributed by atoms with van der Waals surface area (Å²) in [6.07, 6.45) is 1.30. The molecule has 30 heavy (non-hydrogen) atoms. The van der Waals surface area contributed by atoms with Crippen molar-refractivity contribution in [2.24, 2.45) is 0 Å². The first-order valence-electron chi connectivity index (χ1n) is 10.8. The van der Waals surface area contributed by atoms with E-state index < -0.39 is 0 Å². The molecule has 1 fully saturated rings. The van der Waals surface area contributed by atoms with Crippen LogP contribution in [-0.2, 0) is 6.42 Å². The smallest absolute Gasteiger partial charge is 0.129 e. The first-order chi connectivity index (χ1) is 14.9. The molecular formula is C28H22N2. The lowest BCUT2D eigenvalue weighted by atomic mass is 9.91. The zero-order valence-electron chi connectivity index (χ0n) is 16.8. The Morgan fingerprint density at radius 1 is 0.567 bits per heavy atom. The van der Waals surface area contributed by atoms with Crippen LogP contribution in [0.25, 0.3) is 22.3 Å². The van der Waals surface area contributed by atoms with Gasteiger partial charge in [-0.05, 0) is 52.4 Å². The first kappa shape index (κ1) is 16.3. The van der Waals surface area contributed by atoms with Crippen LogP contribution in [0.2, 0.25) is 0 Å². The number of hydrogen-bond donors (Lipinski definition) is 0. The molecule has 0 saturated carbocycles. The lowest BCUT2D eigenvalue weighted by Gasteiger charge is -2.39. The summed E-state index contributed by atoms with van der Waals surface area (Å²) >= 11 is 0. The highest BCUT2D eigenvalue weighted by atomic mass is 15.4. The fourth-order valence-electron chi connectivity index (χ4n) is 5.72. The summed E-state index contributed by atoms with van der Waals surface area (Å²) in [7, 11) is 0. The minimum atomic E-state index is 0.262. The van der Waals surface area contributed by atoms with Gasteiger partial charge in [0, 0.05) is 35.6 Å². The maximum atomic E-state index is 2.60. The van der Waals surface area contributed by atoms with Gasteiger partial charge >= 0.3 is 0 Å². The van der Waals surface area contributed by atoms with Crippen LogP contribution in [-0.4, -0.2) is 13.1 Å². The maximum Gasteiger partial charge on any atom is 0.129 e. The van der Waals surface area contributed by atoms with Crippen molar-refractivity contribution in [3.63, 3.8) is 0 Å². The SMILES string of the molecule is c1ccc2c(c1)Cc1cc(N3CCN4c5ccccc5-c5ccccc5C34)ccc1-2. The highest BCUT2D eigenvalue weighted by molar-refractivity contribution is 5.86. The van der Waals surface area contributed by atoms with E-state index >= 15 is 0 Å². The van der Waals surface area contributed by atoms with Gasteiger partial charge in [0.05, 0.1) is 0 Å². The molecule has 7 rings (SSSR count). The van der Waals surface area contributed by atoms with Crippen LogP contribution in [0.15, 0.2) is 91.0 Å². The van der Waals surface area contributed by atoms with Crippen LogP contribution in [0, 0.1) is 0 Å². The molecule has 144 valence electrons. The Hall–Kier alpha value is -3.52. The first-order valence-corrected chi connectivity index (χ1v) is 10.8. The largest absolute Gasteiger partial charge is 0.346 e. The van der Waals surface area contributed by atoms with Crippen molar-refractivity contribution in [3.8, 4) is 22.3 Å². The van der Waals surface area contributed by atoms with E-state index in [9.17, 15) is 0 Å². The number of hydrogen-bond acceptors (Lipinski definition) is 2. The van der Waals surface area contributed by atoms with Crippen molar-refractivity contribution in [2.45, 2.75) is 12.6 Å². The Balaban J connectivity index is 1.34. The summed E-state index contributed by atoms with van der Waals surface area (Å²) in [5.74, 6) is 0. The molecule has 2 heteroatoms. The number of fused-ring (bicyclic) bond motifs is 9. The molecule has 2 nitrogen and oxygen atoms in total. The second-order valence-electron chi connectivity index (χ2n) is 8.54. The van der Waals surface area contributed by atoms with E-state index in [0.29, 0.717) is 0 Å². The molecule has 1 saturated heterocycles. The topological polar surface area (TPSA) is 6.48 Å². The van der Waals surface area contributed by atoms with Crippen LogP contribution in [0.3, 0.4) is 0 Å². The number of rotatable bonds is 1. The minimum Gasteiger partial charge on any atom is -0.346 e. The van der Waals surface area contributed by atoms with Gasteiger partial charge in [0.2, 0.25) is 0 Å². The average Bonchev–Trinajstić information content (AvgIpc) is 3.41. The van der Waals surface area contributed by atoms with E-state index in [1.807, 2.05) is 0 Å². The normalized spacial score (nSPS) is 17.8. The van der Waals surface area contributed by atoms with Gasteiger partial charge in [0.25, 0.3) is 0 Å². The molecule has 0 bridgehead atoms. The second kappa shape index (κ2) is 5.99. The molecule has 2 aliphatic heterocycles. The van der Waals surface area contributed by atoms with E-state index in [2.05, 4.69) is 101 Å². The zero-order valence-corrected chi connectivity index (χ0v) is 16.8. The Kier molecular flexibility index (Phi) is 3.25. The molecule has 2 heterocycles. The van der Waals surface area contributed by atoms with Gasteiger partial charge in [-0.2, -0.15) is 0 Å². The third-order valence-electron chi connectivity index (χ3n) is 7.02. The van der Waals surface area contributed by atoms with Crippen LogP contribution in [0.1, 0.15) is 22.9 Å². The summed E-state index contributed by atoms with van der Waals surface area (Å²) < 4.78 is 0. The molecule has 0 amide bonds. The summed E-state index contributed by atoms with van der Waals surface area (Å²) in [4.78, 5) is 5.18. The van der Waals surface area contributed by atoms with E-state index in [1.54, 1.807) is 0 Å². The number of benzene rings is 4. The molecule has 4 aromatic carbocycles. The summed E-state index contributed by atoms with van der Waals surface area (Å²) in [6.45, 7) is 2.09. The van der Waals surface area contributed by atoms with Crippen molar-refractivity contribution in [2.75, 3.05) is 22.9 Å². The van der Waals surface area contributed by atoms with Crippen molar-refractivity contribution in [3.05, 3.63) is 108 Å². The summed E-state index contributed by atoms with van der Waals surface area (Å²) in [5.41, 5.74) is 12.5. The second-order valence-corrected chi connectivity index (χ2v) is 8.54. The maximum absolute atomic E-state index is 2.60. The Bertz CT molecular complexity index is 1310. The van der Waals surface area contributed by atoms with Crippen LogP contribution < -0.4 is 9.80 Å². The van der Waals surface area contributed by atoms with Crippen molar-refractivity contribution >= 4 is 11.4 Å². The fourth-order valence-corrected chi connectivity index (χ4v) is 5.72. The molecule has 1 atom stereocenters. The van der Waals surface area contributed by atoms with E-state index in [4.69, 9.17) is 0 Å². The van der Waals surface area contributed by atoms with Gasteiger partial charge in [0.15, 0.2) is 0 Å². The fraction of sp³-hybridized carbons (Fsp3) is 0.143. The zero-order chi connectivity index (χ0) is 19.7. The predicted molar refractivity (Wildman–Crippen MR) is 124 cm³/mol. The molecule has 0 spiro atoms. The van der Waals surface area contributed by atoms with Gasteiger partial charge in [-0.3, -0.25) is 0 Å². The van der Waals surface area contributed by atoms with E-state index in [0.717, 1.165) is 19.5 Å². The minimum absolute atomic E-state index is 0.262. The van der Waals surface area contributed by atoms with Crippen LogP contribution in [0.4, 0.5) is 11.4 Å². The van der Waals surface area contributed by atoms with Crippen molar-refractivity contribution in [1.29, 1.82) is 0 Å². The lowest BCUT2D eigenvalue weighted by molar-refractivity contribution is 0.711. The molecule has 0 radical (unpaired) electrons. The van der Waals surface area contributed by atoms with Gasteiger partial charge in [-0.1, -0.05) is 72.8 Å². The molecule has 0 aromatic heterocycles. The van der Waals surface area contributed by atoms with Gasteiger partial charge < -0.3 is 9.80 Å². The number of anilines is 2. The quantitative estimate of drug-likeness (QED) is 0.335. The Labute approximate surface area is 177 Å². The molecular weight excluding hydrogens is 364 g/mol. The van der Waals surface area contributed by atoms with Crippen molar-refractivity contribution < 1.29 is 0 Å². The predicted octanol–water partition coefficient (Wildman–Crippen LogP) is 6.26. The van der Waals surface area contributed by atoms with Crippen LogP contribution >= 0.6 is 0 Å². The summed E-state index contributed by atoms with van der Waals surface area (Å²) in [6, 6.07) is 33.7. The average molecular weight is 386 g/mol. The number of nitrogens with zero attached hydrogens (tertiary/aromatic N) is 2.